The summed E-state index contributed by atoms with van der Waals surface area (Å²) in [5, 5.41) is 1.10. The van der Waals surface area contributed by atoms with Crippen molar-refractivity contribution in [1.29, 1.82) is 0 Å². The molecule has 0 radical (unpaired) electrons. The lowest BCUT2D eigenvalue weighted by Crippen LogP contribution is -2.43. The number of fused-ring (bicyclic) bond motifs is 4. The second kappa shape index (κ2) is 7.55. The molecule has 5 rings (SSSR count). The van der Waals surface area contributed by atoms with Crippen LogP contribution in [0.3, 0.4) is 0 Å². The standard InChI is InChI=1S/C26H25F2NO3/c1-3-32-24(30)26(27,28)14-25-15-29-21-12-8-7-11-19(21)17(2)23(29)22(20(25)13-31-16-25)18-9-5-4-6-10-18/h4-12H,3,13-16H2,1-2H3. The monoisotopic (exact) mass is 437 g/mol. The molecule has 0 saturated carbocycles. The van der Waals surface area contributed by atoms with Crippen molar-refractivity contribution in [3.8, 4) is 0 Å². The number of para-hydroxylation sites is 1. The van der Waals surface area contributed by atoms with Crippen LogP contribution in [0.4, 0.5) is 8.78 Å². The van der Waals surface area contributed by atoms with Crippen molar-refractivity contribution in [3.05, 3.63) is 77.0 Å². The molecule has 6 heteroatoms. The van der Waals surface area contributed by atoms with Gasteiger partial charge in [0.1, 0.15) is 0 Å². The summed E-state index contributed by atoms with van der Waals surface area (Å²) in [4.78, 5) is 12.1. The number of ether oxygens (including phenoxy) is 2. The molecule has 4 nitrogen and oxygen atoms in total. The summed E-state index contributed by atoms with van der Waals surface area (Å²) in [7, 11) is 0. The van der Waals surface area contributed by atoms with Gasteiger partial charge < -0.3 is 14.0 Å². The summed E-state index contributed by atoms with van der Waals surface area (Å²) in [5.41, 5.74) is 4.89. The van der Waals surface area contributed by atoms with Crippen molar-refractivity contribution in [3.63, 3.8) is 0 Å². The van der Waals surface area contributed by atoms with Crippen LogP contribution in [0, 0.1) is 12.3 Å². The summed E-state index contributed by atoms with van der Waals surface area (Å²) in [5.74, 6) is -5.08. The van der Waals surface area contributed by atoms with Crippen molar-refractivity contribution < 1.29 is 23.0 Å². The number of carbonyl (C=O) groups is 1. The summed E-state index contributed by atoms with van der Waals surface area (Å²) < 4.78 is 42.8. The van der Waals surface area contributed by atoms with Crippen molar-refractivity contribution in [2.75, 3.05) is 19.8 Å². The molecule has 2 aromatic carbocycles. The molecular weight excluding hydrogens is 412 g/mol. The third kappa shape index (κ3) is 3.08. The zero-order valence-corrected chi connectivity index (χ0v) is 18.2. The van der Waals surface area contributed by atoms with Gasteiger partial charge in [-0.3, -0.25) is 0 Å². The van der Waals surface area contributed by atoms with Gasteiger partial charge in [-0.15, -0.1) is 0 Å². The Morgan fingerprint density at radius 1 is 1.16 bits per heavy atom. The topological polar surface area (TPSA) is 40.5 Å². The van der Waals surface area contributed by atoms with E-state index in [9.17, 15) is 4.79 Å². The Balaban J connectivity index is 1.76. The normalized spacial score (nSPS) is 20.4. The Bertz CT molecular complexity index is 1230. The molecule has 3 aromatic rings. The second-order valence-electron chi connectivity index (χ2n) is 8.67. The van der Waals surface area contributed by atoms with Gasteiger partial charge in [-0.1, -0.05) is 48.5 Å². The molecule has 3 heterocycles. The van der Waals surface area contributed by atoms with Gasteiger partial charge in [0.25, 0.3) is 0 Å². The lowest BCUT2D eigenvalue weighted by Gasteiger charge is -2.38. The number of alkyl halides is 2. The molecular formula is C26H25F2NO3. The molecule has 166 valence electrons. The zero-order chi connectivity index (χ0) is 22.5. The first-order chi connectivity index (χ1) is 15.4. The Morgan fingerprint density at radius 3 is 2.62 bits per heavy atom. The molecule has 0 N–H and O–H groups in total. The molecule has 1 unspecified atom stereocenters. The fourth-order valence-corrected chi connectivity index (χ4v) is 5.34. The van der Waals surface area contributed by atoms with Crippen molar-refractivity contribution >= 4 is 22.4 Å². The highest BCUT2D eigenvalue weighted by atomic mass is 19.3. The number of rotatable bonds is 5. The summed E-state index contributed by atoms with van der Waals surface area (Å²) >= 11 is 0. The van der Waals surface area contributed by atoms with Crippen LogP contribution in [-0.4, -0.2) is 36.3 Å². The number of hydrogen-bond donors (Lipinski definition) is 0. The van der Waals surface area contributed by atoms with E-state index in [0.29, 0.717) is 6.54 Å². The van der Waals surface area contributed by atoms with Crippen LogP contribution in [0.1, 0.15) is 30.2 Å². The largest absolute Gasteiger partial charge is 0.462 e. The molecule has 0 spiro atoms. The minimum absolute atomic E-state index is 0.0819. The number of benzene rings is 2. The van der Waals surface area contributed by atoms with Gasteiger partial charge in [-0.05, 0) is 36.6 Å². The molecule has 1 atom stereocenters. The van der Waals surface area contributed by atoms with Gasteiger partial charge in [-0.2, -0.15) is 8.78 Å². The zero-order valence-electron chi connectivity index (χ0n) is 18.2. The summed E-state index contributed by atoms with van der Waals surface area (Å²) in [6, 6.07) is 17.9. The average molecular weight is 437 g/mol. The highest BCUT2D eigenvalue weighted by molar-refractivity contribution is 5.95. The number of esters is 1. The highest BCUT2D eigenvalue weighted by Crippen LogP contribution is 2.53. The molecule has 0 bridgehead atoms. The van der Waals surface area contributed by atoms with Crippen molar-refractivity contribution in [2.24, 2.45) is 5.41 Å². The van der Waals surface area contributed by atoms with Crippen LogP contribution in [0.2, 0.25) is 0 Å². The van der Waals surface area contributed by atoms with Gasteiger partial charge in [0.2, 0.25) is 0 Å². The summed E-state index contributed by atoms with van der Waals surface area (Å²) in [6.45, 7) is 4.26. The number of hydrogen-bond acceptors (Lipinski definition) is 3. The third-order valence-electron chi connectivity index (χ3n) is 6.69. The van der Waals surface area contributed by atoms with E-state index in [-0.39, 0.29) is 19.8 Å². The van der Waals surface area contributed by atoms with Crippen LogP contribution < -0.4 is 0 Å². The minimum atomic E-state index is -3.60. The molecule has 0 aliphatic carbocycles. The second-order valence-corrected chi connectivity index (χ2v) is 8.67. The quantitative estimate of drug-likeness (QED) is 0.504. The Morgan fingerprint density at radius 2 is 1.88 bits per heavy atom. The number of aromatic nitrogens is 1. The fourth-order valence-electron chi connectivity index (χ4n) is 5.34. The predicted molar refractivity (Wildman–Crippen MR) is 119 cm³/mol. The number of carbonyl (C=O) groups excluding carboxylic acids is 1. The van der Waals surface area contributed by atoms with E-state index >= 15 is 8.78 Å². The highest BCUT2D eigenvalue weighted by Gasteiger charge is 2.55. The lowest BCUT2D eigenvalue weighted by atomic mass is 9.71. The number of aryl methyl sites for hydroxylation is 1. The van der Waals surface area contributed by atoms with Crippen LogP contribution in [0.25, 0.3) is 16.5 Å². The number of nitrogens with zero attached hydrogens (tertiary/aromatic N) is 1. The molecule has 1 fully saturated rings. The first-order valence-corrected chi connectivity index (χ1v) is 10.9. The third-order valence-corrected chi connectivity index (χ3v) is 6.69. The molecule has 1 aromatic heterocycles. The SMILES string of the molecule is CCOC(=O)C(F)(F)CC12COCC1=C(c1ccccc1)c1c(C)c3ccccc3n1C2. The Labute approximate surface area is 185 Å². The molecule has 32 heavy (non-hydrogen) atoms. The maximum Gasteiger partial charge on any atom is 0.377 e. The van der Waals surface area contributed by atoms with E-state index in [4.69, 9.17) is 9.47 Å². The van der Waals surface area contributed by atoms with Gasteiger partial charge in [0.05, 0.1) is 25.5 Å². The van der Waals surface area contributed by atoms with Crippen LogP contribution >= 0.6 is 0 Å². The summed E-state index contributed by atoms with van der Waals surface area (Å²) in [6.07, 6.45) is -0.643. The first kappa shape index (κ1) is 20.9. The van der Waals surface area contributed by atoms with Crippen LogP contribution in [0.5, 0.6) is 0 Å². The van der Waals surface area contributed by atoms with Crippen LogP contribution in [-0.2, 0) is 20.8 Å². The maximum atomic E-state index is 15.1. The van der Waals surface area contributed by atoms with E-state index in [1.807, 2.05) is 48.5 Å². The van der Waals surface area contributed by atoms with E-state index in [0.717, 1.165) is 38.9 Å². The van der Waals surface area contributed by atoms with E-state index < -0.39 is 23.7 Å². The molecule has 0 amide bonds. The van der Waals surface area contributed by atoms with E-state index in [1.165, 1.54) is 6.92 Å². The molecule has 2 aliphatic heterocycles. The fraction of sp³-hybridized carbons (Fsp3) is 0.346. The minimum Gasteiger partial charge on any atom is -0.462 e. The first-order valence-electron chi connectivity index (χ1n) is 10.9. The Hall–Kier alpha value is -2.99. The lowest BCUT2D eigenvalue weighted by molar-refractivity contribution is -0.176. The van der Waals surface area contributed by atoms with Crippen LogP contribution in [0.15, 0.2) is 60.2 Å². The van der Waals surface area contributed by atoms with Gasteiger partial charge in [-0.25, -0.2) is 4.79 Å². The van der Waals surface area contributed by atoms with Gasteiger partial charge in [0, 0.05) is 34.9 Å². The van der Waals surface area contributed by atoms with Gasteiger partial charge >= 0.3 is 11.9 Å². The molecule has 1 saturated heterocycles. The maximum absolute atomic E-state index is 15.1. The molecule has 2 aliphatic rings. The average Bonchev–Trinajstić information content (AvgIpc) is 3.31. The van der Waals surface area contributed by atoms with E-state index in [1.54, 1.807) is 0 Å². The predicted octanol–water partition coefficient (Wildman–Crippen LogP) is 5.37. The smallest absolute Gasteiger partial charge is 0.377 e. The van der Waals surface area contributed by atoms with E-state index in [2.05, 4.69) is 17.6 Å². The van der Waals surface area contributed by atoms with Crippen molar-refractivity contribution in [1.82, 2.24) is 4.57 Å². The number of halogens is 2. The Kier molecular flexibility index (Phi) is 4.93. The van der Waals surface area contributed by atoms with Gasteiger partial charge in [0.15, 0.2) is 0 Å². The van der Waals surface area contributed by atoms with Crippen molar-refractivity contribution in [2.45, 2.75) is 32.7 Å².